The summed E-state index contributed by atoms with van der Waals surface area (Å²) in [5, 5.41) is 0.898. The van der Waals surface area contributed by atoms with Crippen LogP contribution in [0.3, 0.4) is 0 Å². The molecule has 0 bridgehead atoms. The van der Waals surface area contributed by atoms with Gasteiger partial charge in [-0.2, -0.15) is 0 Å². The van der Waals surface area contributed by atoms with E-state index in [1.165, 1.54) is 11.8 Å². The van der Waals surface area contributed by atoms with Crippen molar-refractivity contribution in [2.75, 3.05) is 0 Å². The number of aromatic nitrogens is 1. The van der Waals surface area contributed by atoms with Crippen LogP contribution in [0.1, 0.15) is 12.5 Å². The van der Waals surface area contributed by atoms with E-state index in [-0.39, 0.29) is 11.2 Å². The van der Waals surface area contributed by atoms with E-state index in [9.17, 15) is 4.79 Å². The number of primary amides is 1. The third-order valence-electron chi connectivity index (χ3n) is 2.69. The number of halogens is 1. The van der Waals surface area contributed by atoms with Crippen molar-refractivity contribution >= 4 is 44.5 Å². The molecule has 2 aromatic rings. The number of nitrogens with zero attached hydrogens (tertiary/aromatic N) is 1. The second-order valence-corrected chi connectivity index (χ2v) is 6.15. The summed E-state index contributed by atoms with van der Waals surface area (Å²) in [5.74, 6) is 0.444. The first-order valence-electron chi connectivity index (χ1n) is 5.52. The van der Waals surface area contributed by atoms with Gasteiger partial charge in [0.2, 0.25) is 5.91 Å². The smallest absolute Gasteiger partial charge is 0.230 e. The van der Waals surface area contributed by atoms with Crippen molar-refractivity contribution in [1.29, 1.82) is 0 Å². The molecule has 1 aromatic carbocycles. The van der Waals surface area contributed by atoms with E-state index in [1.807, 2.05) is 31.2 Å². The maximum Gasteiger partial charge on any atom is 0.230 e. The summed E-state index contributed by atoms with van der Waals surface area (Å²) in [6, 6.07) is 7.98. The molecular weight excluding hydrogens is 312 g/mol. The monoisotopic (exact) mass is 324 g/mol. The van der Waals surface area contributed by atoms with Crippen molar-refractivity contribution in [3.63, 3.8) is 0 Å². The SMILES string of the molecule is C[C@H](SCc1ccc(Br)c2cccnc12)C(N)=O. The van der Waals surface area contributed by atoms with Crippen molar-refractivity contribution < 1.29 is 4.79 Å². The van der Waals surface area contributed by atoms with Gasteiger partial charge in [0, 0.05) is 21.8 Å². The van der Waals surface area contributed by atoms with Gasteiger partial charge < -0.3 is 5.73 Å². The highest BCUT2D eigenvalue weighted by Crippen LogP contribution is 2.28. The van der Waals surface area contributed by atoms with E-state index in [2.05, 4.69) is 20.9 Å². The third kappa shape index (κ3) is 2.84. The minimum atomic E-state index is -0.283. The standard InChI is InChI=1S/C13H13BrN2OS/c1-8(13(15)17)18-7-9-4-5-11(14)10-3-2-6-16-12(9)10/h2-6,8H,7H2,1H3,(H2,15,17)/t8-/m0/s1. The van der Waals surface area contributed by atoms with Crippen molar-refractivity contribution in [3.05, 3.63) is 40.5 Å². The molecule has 0 aliphatic rings. The second-order valence-electron chi connectivity index (χ2n) is 3.96. The molecule has 3 nitrogen and oxygen atoms in total. The molecule has 2 N–H and O–H groups in total. The Labute approximate surface area is 118 Å². The van der Waals surface area contributed by atoms with Crippen LogP contribution >= 0.6 is 27.7 Å². The summed E-state index contributed by atoms with van der Waals surface area (Å²) in [6.07, 6.45) is 1.78. The summed E-state index contributed by atoms with van der Waals surface area (Å²) in [7, 11) is 0. The molecule has 0 aliphatic heterocycles. The highest BCUT2D eigenvalue weighted by molar-refractivity contribution is 9.10. The zero-order chi connectivity index (χ0) is 13.1. The van der Waals surface area contributed by atoms with Crippen LogP contribution in [0.2, 0.25) is 0 Å². The van der Waals surface area contributed by atoms with Crippen molar-refractivity contribution in [2.24, 2.45) is 5.73 Å². The predicted molar refractivity (Wildman–Crippen MR) is 79.4 cm³/mol. The summed E-state index contributed by atoms with van der Waals surface area (Å²) < 4.78 is 1.03. The van der Waals surface area contributed by atoms with Gasteiger partial charge in [0.15, 0.2) is 0 Å². The van der Waals surface area contributed by atoms with Crippen LogP contribution in [0.5, 0.6) is 0 Å². The number of benzene rings is 1. The molecule has 5 heteroatoms. The van der Waals surface area contributed by atoms with Crippen LogP contribution in [0.15, 0.2) is 34.9 Å². The van der Waals surface area contributed by atoms with E-state index >= 15 is 0 Å². The van der Waals surface area contributed by atoms with E-state index in [4.69, 9.17) is 5.73 Å². The van der Waals surface area contributed by atoms with Crippen LogP contribution in [0.4, 0.5) is 0 Å². The number of carbonyl (C=O) groups excluding carboxylic acids is 1. The highest BCUT2D eigenvalue weighted by Gasteiger charge is 2.11. The fourth-order valence-electron chi connectivity index (χ4n) is 1.61. The first kappa shape index (κ1) is 13.4. The Morgan fingerprint density at radius 3 is 3.00 bits per heavy atom. The molecule has 1 aromatic heterocycles. The molecule has 0 aliphatic carbocycles. The predicted octanol–water partition coefficient (Wildman–Crippen LogP) is 3.10. The van der Waals surface area contributed by atoms with Gasteiger partial charge in [-0.3, -0.25) is 9.78 Å². The lowest BCUT2D eigenvalue weighted by Crippen LogP contribution is -2.22. The van der Waals surface area contributed by atoms with Gasteiger partial charge in [-0.15, -0.1) is 11.8 Å². The number of rotatable bonds is 4. The number of hydrogen-bond donors (Lipinski definition) is 1. The Bertz CT molecular complexity index is 588. The molecule has 0 saturated heterocycles. The van der Waals surface area contributed by atoms with E-state index < -0.39 is 0 Å². The van der Waals surface area contributed by atoms with Crippen molar-refractivity contribution in [3.8, 4) is 0 Å². The molecule has 2 rings (SSSR count). The number of pyridine rings is 1. The van der Waals surface area contributed by atoms with Gasteiger partial charge in [0.05, 0.1) is 10.8 Å². The van der Waals surface area contributed by atoms with Gasteiger partial charge in [0.25, 0.3) is 0 Å². The fraction of sp³-hybridized carbons (Fsp3) is 0.231. The summed E-state index contributed by atoms with van der Waals surface area (Å²) >= 11 is 5.04. The van der Waals surface area contributed by atoms with E-state index in [1.54, 1.807) is 6.20 Å². The van der Waals surface area contributed by atoms with E-state index in [0.717, 1.165) is 26.7 Å². The number of hydrogen-bond acceptors (Lipinski definition) is 3. The van der Waals surface area contributed by atoms with Crippen molar-refractivity contribution in [2.45, 2.75) is 17.9 Å². The van der Waals surface area contributed by atoms with Crippen LogP contribution < -0.4 is 5.73 Å². The Morgan fingerprint density at radius 1 is 1.50 bits per heavy atom. The van der Waals surface area contributed by atoms with Gasteiger partial charge in [-0.05, 0) is 24.6 Å². The normalized spacial score (nSPS) is 12.6. The molecule has 1 atom stereocenters. The lowest BCUT2D eigenvalue weighted by molar-refractivity contribution is -0.117. The lowest BCUT2D eigenvalue weighted by Gasteiger charge is -2.09. The maximum atomic E-state index is 11.0. The summed E-state index contributed by atoms with van der Waals surface area (Å²) in [4.78, 5) is 15.4. The van der Waals surface area contributed by atoms with Gasteiger partial charge in [0.1, 0.15) is 0 Å². The number of amides is 1. The van der Waals surface area contributed by atoms with Crippen LogP contribution in [0.25, 0.3) is 10.9 Å². The Hall–Kier alpha value is -1.07. The Morgan fingerprint density at radius 2 is 2.28 bits per heavy atom. The first-order chi connectivity index (χ1) is 8.59. The van der Waals surface area contributed by atoms with E-state index in [0.29, 0.717) is 0 Å². The molecule has 18 heavy (non-hydrogen) atoms. The maximum absolute atomic E-state index is 11.0. The molecular formula is C13H13BrN2OS. The average molecular weight is 325 g/mol. The molecule has 1 heterocycles. The minimum Gasteiger partial charge on any atom is -0.369 e. The van der Waals surface area contributed by atoms with Crippen LogP contribution in [-0.4, -0.2) is 16.1 Å². The lowest BCUT2D eigenvalue weighted by atomic mass is 10.1. The quantitative estimate of drug-likeness (QED) is 0.940. The third-order valence-corrected chi connectivity index (χ3v) is 4.59. The average Bonchev–Trinajstić information content (AvgIpc) is 2.38. The fourth-order valence-corrected chi connectivity index (χ4v) is 2.89. The molecule has 0 spiro atoms. The van der Waals surface area contributed by atoms with Crippen LogP contribution in [0, 0.1) is 0 Å². The Balaban J connectivity index is 2.29. The summed E-state index contributed by atoms with van der Waals surface area (Å²) in [6.45, 7) is 1.82. The van der Waals surface area contributed by atoms with Gasteiger partial charge in [-0.25, -0.2) is 0 Å². The topological polar surface area (TPSA) is 56.0 Å². The summed E-state index contributed by atoms with van der Waals surface area (Å²) in [5.41, 5.74) is 7.34. The van der Waals surface area contributed by atoms with Gasteiger partial charge >= 0.3 is 0 Å². The number of carbonyl (C=O) groups is 1. The molecule has 1 amide bonds. The molecule has 94 valence electrons. The molecule has 0 saturated carbocycles. The number of nitrogens with two attached hydrogens (primary N) is 1. The molecule has 0 radical (unpaired) electrons. The highest BCUT2D eigenvalue weighted by atomic mass is 79.9. The molecule has 0 unspecified atom stereocenters. The second kappa shape index (κ2) is 5.71. The molecule has 0 fully saturated rings. The zero-order valence-electron chi connectivity index (χ0n) is 9.89. The van der Waals surface area contributed by atoms with Gasteiger partial charge in [-0.1, -0.05) is 28.1 Å². The Kier molecular flexibility index (Phi) is 4.24. The zero-order valence-corrected chi connectivity index (χ0v) is 12.3. The number of fused-ring (bicyclic) bond motifs is 1. The van der Waals surface area contributed by atoms with Crippen LogP contribution in [-0.2, 0) is 10.5 Å². The largest absolute Gasteiger partial charge is 0.369 e. The van der Waals surface area contributed by atoms with Crippen molar-refractivity contribution in [1.82, 2.24) is 4.98 Å². The first-order valence-corrected chi connectivity index (χ1v) is 7.37. The number of thioether (sulfide) groups is 1. The minimum absolute atomic E-state index is 0.188.